The summed E-state index contributed by atoms with van der Waals surface area (Å²) >= 11 is 0. The van der Waals surface area contributed by atoms with Crippen LogP contribution in [0, 0.1) is 0 Å². The minimum absolute atomic E-state index is 0.0303. The van der Waals surface area contributed by atoms with Gasteiger partial charge in [-0.3, -0.25) is 9.59 Å². The van der Waals surface area contributed by atoms with Crippen LogP contribution in [-0.2, 0) is 16.1 Å². The van der Waals surface area contributed by atoms with Gasteiger partial charge in [0.2, 0.25) is 0 Å². The van der Waals surface area contributed by atoms with Crippen LogP contribution in [0.25, 0.3) is 11.1 Å². The van der Waals surface area contributed by atoms with Crippen molar-refractivity contribution >= 4 is 18.0 Å². The Bertz CT molecular complexity index is 1140. The summed E-state index contributed by atoms with van der Waals surface area (Å²) in [5.74, 6) is -0.978. The average Bonchev–Trinajstić information content (AvgIpc) is 3.42. The molecule has 2 amide bonds. The van der Waals surface area contributed by atoms with Crippen molar-refractivity contribution in [1.82, 2.24) is 10.2 Å². The highest BCUT2D eigenvalue weighted by molar-refractivity contribution is 5.91. The molecular formula is C25H24N2O6. The van der Waals surface area contributed by atoms with Crippen molar-refractivity contribution in [2.24, 2.45) is 0 Å². The van der Waals surface area contributed by atoms with Gasteiger partial charge in [0.25, 0.3) is 5.91 Å². The van der Waals surface area contributed by atoms with E-state index < -0.39 is 18.0 Å². The van der Waals surface area contributed by atoms with Gasteiger partial charge < -0.3 is 24.5 Å². The maximum absolute atomic E-state index is 12.3. The minimum Gasteiger partial charge on any atom is -0.481 e. The quantitative estimate of drug-likeness (QED) is 0.542. The Morgan fingerprint density at radius 1 is 1.00 bits per heavy atom. The van der Waals surface area contributed by atoms with E-state index in [1.54, 1.807) is 6.07 Å². The number of aliphatic carboxylic acids is 1. The second kappa shape index (κ2) is 9.60. The summed E-state index contributed by atoms with van der Waals surface area (Å²) in [6.07, 6.45) is -0.737. The number of nitrogens with zero attached hydrogens (tertiary/aromatic N) is 1. The monoisotopic (exact) mass is 448 g/mol. The Balaban J connectivity index is 1.30. The SMILES string of the molecule is CN(CCC(=O)O)C(=O)c1ccc(CNC(=O)OCC2c3ccccc3-c3ccccc32)o1. The van der Waals surface area contributed by atoms with E-state index in [-0.39, 0.29) is 37.8 Å². The largest absolute Gasteiger partial charge is 0.481 e. The summed E-state index contributed by atoms with van der Waals surface area (Å²) in [6.45, 7) is 0.334. The lowest BCUT2D eigenvalue weighted by atomic mass is 9.98. The van der Waals surface area contributed by atoms with Crippen LogP contribution in [0.3, 0.4) is 0 Å². The van der Waals surface area contributed by atoms with Gasteiger partial charge in [0, 0.05) is 19.5 Å². The molecule has 1 aromatic heterocycles. The van der Waals surface area contributed by atoms with Gasteiger partial charge in [-0.05, 0) is 34.4 Å². The third-order valence-corrected chi connectivity index (χ3v) is 5.63. The van der Waals surface area contributed by atoms with Crippen molar-refractivity contribution in [3.05, 3.63) is 83.3 Å². The lowest BCUT2D eigenvalue weighted by molar-refractivity contribution is -0.137. The van der Waals surface area contributed by atoms with E-state index in [4.69, 9.17) is 14.3 Å². The van der Waals surface area contributed by atoms with E-state index in [0.29, 0.717) is 5.76 Å². The number of fused-ring (bicyclic) bond motifs is 3. The molecule has 0 spiro atoms. The molecule has 0 saturated heterocycles. The first-order valence-electron chi connectivity index (χ1n) is 10.6. The first-order valence-corrected chi connectivity index (χ1v) is 10.6. The number of furan rings is 1. The number of hydrogen-bond acceptors (Lipinski definition) is 5. The van der Waals surface area contributed by atoms with E-state index in [2.05, 4.69) is 29.6 Å². The zero-order chi connectivity index (χ0) is 23.4. The summed E-state index contributed by atoms with van der Waals surface area (Å²) in [5, 5.41) is 11.4. The number of carboxylic acids is 1. The molecule has 0 radical (unpaired) electrons. The van der Waals surface area contributed by atoms with Gasteiger partial charge in [0.1, 0.15) is 12.4 Å². The fourth-order valence-electron chi connectivity index (χ4n) is 3.95. The molecule has 0 fully saturated rings. The Morgan fingerprint density at radius 3 is 2.27 bits per heavy atom. The number of benzene rings is 2. The predicted octanol–water partition coefficient (Wildman–Crippen LogP) is 3.87. The molecule has 33 heavy (non-hydrogen) atoms. The number of nitrogens with one attached hydrogen (secondary N) is 1. The van der Waals surface area contributed by atoms with E-state index >= 15 is 0 Å². The van der Waals surface area contributed by atoms with Gasteiger partial charge in [-0.1, -0.05) is 48.5 Å². The molecule has 1 heterocycles. The molecule has 2 N–H and O–H groups in total. The highest BCUT2D eigenvalue weighted by atomic mass is 16.5. The summed E-state index contributed by atoms with van der Waals surface area (Å²) in [5.41, 5.74) is 4.58. The molecule has 0 bridgehead atoms. The van der Waals surface area contributed by atoms with Crippen molar-refractivity contribution in [3.63, 3.8) is 0 Å². The molecule has 0 aliphatic heterocycles. The number of alkyl carbamates (subject to hydrolysis) is 1. The standard InChI is InChI=1S/C25H24N2O6/c1-27(13-12-23(28)29)24(30)22-11-10-16(33-22)14-26-25(31)32-15-21-19-8-4-2-6-17(19)18-7-3-5-9-20(18)21/h2-11,21H,12-15H2,1H3,(H,26,31)(H,28,29). The molecule has 2 aromatic carbocycles. The summed E-state index contributed by atoms with van der Waals surface area (Å²) in [6, 6.07) is 19.3. The van der Waals surface area contributed by atoms with E-state index in [9.17, 15) is 14.4 Å². The number of carboxylic acid groups (broad SMARTS) is 1. The lowest BCUT2D eigenvalue weighted by Crippen LogP contribution is -2.28. The van der Waals surface area contributed by atoms with Crippen LogP contribution < -0.4 is 5.32 Å². The molecule has 4 rings (SSSR count). The van der Waals surface area contributed by atoms with Crippen molar-refractivity contribution in [3.8, 4) is 11.1 Å². The molecule has 0 saturated carbocycles. The van der Waals surface area contributed by atoms with Crippen LogP contribution in [0.2, 0.25) is 0 Å². The van der Waals surface area contributed by atoms with Crippen molar-refractivity contribution < 1.29 is 28.6 Å². The maximum atomic E-state index is 12.3. The van der Waals surface area contributed by atoms with Crippen molar-refractivity contribution in [1.29, 1.82) is 0 Å². The van der Waals surface area contributed by atoms with Gasteiger partial charge in [-0.25, -0.2) is 4.79 Å². The van der Waals surface area contributed by atoms with E-state index in [1.807, 2.05) is 24.3 Å². The van der Waals surface area contributed by atoms with Gasteiger partial charge in [0.15, 0.2) is 5.76 Å². The van der Waals surface area contributed by atoms with Gasteiger partial charge in [0.05, 0.1) is 13.0 Å². The number of carbonyl (C=O) groups excluding carboxylic acids is 2. The summed E-state index contributed by atoms with van der Waals surface area (Å²) < 4.78 is 11.0. The Hall–Kier alpha value is -4.07. The Kier molecular flexibility index (Phi) is 6.44. The molecule has 0 unspecified atom stereocenters. The van der Waals surface area contributed by atoms with Gasteiger partial charge in [-0.15, -0.1) is 0 Å². The zero-order valence-electron chi connectivity index (χ0n) is 18.1. The molecule has 170 valence electrons. The van der Waals surface area contributed by atoms with E-state index in [0.717, 1.165) is 22.3 Å². The topological polar surface area (TPSA) is 109 Å². The zero-order valence-corrected chi connectivity index (χ0v) is 18.1. The highest BCUT2D eigenvalue weighted by Crippen LogP contribution is 2.44. The summed E-state index contributed by atoms with van der Waals surface area (Å²) in [4.78, 5) is 36.5. The van der Waals surface area contributed by atoms with Crippen LogP contribution in [0.1, 0.15) is 39.8 Å². The van der Waals surface area contributed by atoms with Gasteiger partial charge in [-0.2, -0.15) is 0 Å². The normalized spacial score (nSPS) is 12.0. The van der Waals surface area contributed by atoms with Crippen molar-refractivity contribution in [2.45, 2.75) is 18.9 Å². The summed E-state index contributed by atoms with van der Waals surface area (Å²) in [7, 11) is 1.50. The highest BCUT2D eigenvalue weighted by Gasteiger charge is 2.29. The molecule has 3 aromatic rings. The second-order valence-electron chi connectivity index (χ2n) is 7.82. The van der Waals surface area contributed by atoms with Crippen LogP contribution in [-0.4, -0.2) is 48.2 Å². The third kappa shape index (κ3) is 4.90. The molecule has 1 aliphatic carbocycles. The number of hydrogen-bond donors (Lipinski definition) is 2. The fraction of sp³-hybridized carbons (Fsp3) is 0.240. The van der Waals surface area contributed by atoms with E-state index in [1.165, 1.54) is 18.0 Å². The van der Waals surface area contributed by atoms with Crippen LogP contribution in [0.15, 0.2) is 65.1 Å². The average molecular weight is 448 g/mol. The van der Waals surface area contributed by atoms with Crippen LogP contribution >= 0.6 is 0 Å². The molecule has 8 heteroatoms. The fourth-order valence-corrected chi connectivity index (χ4v) is 3.95. The molecule has 1 aliphatic rings. The third-order valence-electron chi connectivity index (χ3n) is 5.63. The first-order chi connectivity index (χ1) is 15.9. The maximum Gasteiger partial charge on any atom is 0.407 e. The number of ether oxygens (including phenoxy) is 1. The first kappa shape index (κ1) is 22.1. The molecule has 0 atom stereocenters. The minimum atomic E-state index is -0.984. The van der Waals surface area contributed by atoms with Gasteiger partial charge >= 0.3 is 12.1 Å². The number of amides is 2. The van der Waals surface area contributed by atoms with Crippen molar-refractivity contribution in [2.75, 3.05) is 20.2 Å². The lowest BCUT2D eigenvalue weighted by Gasteiger charge is -2.14. The Morgan fingerprint density at radius 2 is 1.64 bits per heavy atom. The van der Waals surface area contributed by atoms with Crippen LogP contribution in [0.5, 0.6) is 0 Å². The smallest absolute Gasteiger partial charge is 0.407 e. The molecular weight excluding hydrogens is 424 g/mol. The predicted molar refractivity (Wildman–Crippen MR) is 120 cm³/mol. The Labute approximate surface area is 190 Å². The second-order valence-corrected chi connectivity index (χ2v) is 7.82. The number of rotatable bonds is 8. The van der Waals surface area contributed by atoms with Crippen LogP contribution in [0.4, 0.5) is 4.79 Å². The number of carbonyl (C=O) groups is 3. The molecule has 8 nitrogen and oxygen atoms in total.